The van der Waals surface area contributed by atoms with Gasteiger partial charge in [-0.25, -0.2) is 0 Å². The Morgan fingerprint density at radius 3 is 2.48 bits per heavy atom. The van der Waals surface area contributed by atoms with Crippen molar-refractivity contribution in [3.63, 3.8) is 0 Å². The van der Waals surface area contributed by atoms with Gasteiger partial charge in [0.25, 0.3) is 0 Å². The third-order valence-electron chi connectivity index (χ3n) is 3.66. The van der Waals surface area contributed by atoms with E-state index in [9.17, 15) is 14.4 Å². The zero-order valence-electron chi connectivity index (χ0n) is 13.6. The van der Waals surface area contributed by atoms with Gasteiger partial charge in [-0.1, -0.05) is 12.1 Å². The number of anilines is 3. The summed E-state index contributed by atoms with van der Waals surface area (Å²) < 4.78 is 0. The molecule has 2 aromatic rings. The molecule has 6 nitrogen and oxygen atoms in total. The Hall–Kier alpha value is -3.41. The zero-order valence-corrected chi connectivity index (χ0v) is 13.6. The molecular weight excluding hydrogens is 318 g/mol. The first-order chi connectivity index (χ1) is 12.0. The SMILES string of the molecule is CC(=O)Nc1ccc(/C=C/C(=O)Nc2ccc3c(c2)CC(=O)N3)cc1. The fraction of sp³-hybridized carbons (Fsp3) is 0.105. The molecule has 3 rings (SSSR count). The molecule has 0 spiro atoms. The molecule has 1 heterocycles. The summed E-state index contributed by atoms with van der Waals surface area (Å²) >= 11 is 0. The molecule has 1 aliphatic heterocycles. The fourth-order valence-electron chi connectivity index (χ4n) is 2.54. The van der Waals surface area contributed by atoms with Crippen molar-refractivity contribution < 1.29 is 14.4 Å². The molecule has 0 aromatic heterocycles. The molecule has 6 heteroatoms. The van der Waals surface area contributed by atoms with Gasteiger partial charge in [0.15, 0.2) is 0 Å². The topological polar surface area (TPSA) is 87.3 Å². The van der Waals surface area contributed by atoms with E-state index in [1.165, 1.54) is 13.0 Å². The summed E-state index contributed by atoms with van der Waals surface area (Å²) in [6, 6.07) is 12.5. The summed E-state index contributed by atoms with van der Waals surface area (Å²) in [5.41, 5.74) is 3.85. The Kier molecular flexibility index (Phi) is 4.61. The van der Waals surface area contributed by atoms with Crippen molar-refractivity contribution in [2.45, 2.75) is 13.3 Å². The quantitative estimate of drug-likeness (QED) is 0.751. The number of hydrogen-bond donors (Lipinski definition) is 3. The van der Waals surface area contributed by atoms with Crippen LogP contribution < -0.4 is 16.0 Å². The second-order valence-corrected chi connectivity index (χ2v) is 5.72. The molecule has 0 aliphatic carbocycles. The van der Waals surface area contributed by atoms with E-state index in [1.807, 2.05) is 12.1 Å². The third-order valence-corrected chi connectivity index (χ3v) is 3.66. The van der Waals surface area contributed by atoms with E-state index in [0.29, 0.717) is 17.8 Å². The highest BCUT2D eigenvalue weighted by Gasteiger charge is 2.17. The number of rotatable bonds is 4. The zero-order chi connectivity index (χ0) is 17.8. The van der Waals surface area contributed by atoms with Crippen molar-refractivity contribution >= 4 is 40.9 Å². The number of carbonyl (C=O) groups is 3. The molecule has 2 aromatic carbocycles. The minimum absolute atomic E-state index is 0.0407. The molecule has 0 fully saturated rings. The molecular formula is C19H17N3O3. The second kappa shape index (κ2) is 7.00. The maximum Gasteiger partial charge on any atom is 0.248 e. The van der Waals surface area contributed by atoms with Crippen LogP contribution in [0.2, 0.25) is 0 Å². The van der Waals surface area contributed by atoms with Crippen molar-refractivity contribution in [3.8, 4) is 0 Å². The van der Waals surface area contributed by atoms with Crippen LogP contribution in [-0.4, -0.2) is 17.7 Å². The lowest BCUT2D eigenvalue weighted by molar-refractivity contribution is -0.115. The highest BCUT2D eigenvalue weighted by atomic mass is 16.2. The van der Waals surface area contributed by atoms with E-state index in [0.717, 1.165) is 16.8 Å². The van der Waals surface area contributed by atoms with Crippen molar-refractivity contribution in [2.24, 2.45) is 0 Å². The van der Waals surface area contributed by atoms with Crippen LogP contribution in [0.1, 0.15) is 18.1 Å². The van der Waals surface area contributed by atoms with E-state index in [1.54, 1.807) is 36.4 Å². The van der Waals surface area contributed by atoms with Crippen LogP contribution in [0.15, 0.2) is 48.5 Å². The number of benzene rings is 2. The number of nitrogens with one attached hydrogen (secondary N) is 3. The van der Waals surface area contributed by atoms with Crippen LogP contribution in [-0.2, 0) is 20.8 Å². The fourth-order valence-corrected chi connectivity index (χ4v) is 2.54. The second-order valence-electron chi connectivity index (χ2n) is 5.72. The summed E-state index contributed by atoms with van der Waals surface area (Å²) in [4.78, 5) is 34.3. The first-order valence-electron chi connectivity index (χ1n) is 7.79. The predicted octanol–water partition coefficient (Wildman–Crippen LogP) is 2.79. The van der Waals surface area contributed by atoms with Gasteiger partial charge in [0.2, 0.25) is 17.7 Å². The predicted molar refractivity (Wildman–Crippen MR) is 97.2 cm³/mol. The number of carbonyl (C=O) groups excluding carboxylic acids is 3. The molecule has 0 saturated heterocycles. The summed E-state index contributed by atoms with van der Waals surface area (Å²) in [6.07, 6.45) is 3.45. The Bertz CT molecular complexity index is 870. The molecule has 0 saturated carbocycles. The number of hydrogen-bond acceptors (Lipinski definition) is 3. The van der Waals surface area contributed by atoms with Gasteiger partial charge in [0.1, 0.15) is 0 Å². The van der Waals surface area contributed by atoms with Gasteiger partial charge in [-0.05, 0) is 47.5 Å². The lowest BCUT2D eigenvalue weighted by atomic mass is 10.1. The van der Waals surface area contributed by atoms with Crippen molar-refractivity contribution in [3.05, 3.63) is 59.7 Å². The number of amides is 3. The summed E-state index contributed by atoms with van der Waals surface area (Å²) in [5, 5.41) is 8.20. The van der Waals surface area contributed by atoms with Crippen molar-refractivity contribution in [2.75, 3.05) is 16.0 Å². The van der Waals surface area contributed by atoms with Crippen molar-refractivity contribution in [1.82, 2.24) is 0 Å². The minimum atomic E-state index is -0.261. The highest BCUT2D eigenvalue weighted by Crippen LogP contribution is 2.26. The van der Waals surface area contributed by atoms with Crippen LogP contribution in [0.25, 0.3) is 6.08 Å². The van der Waals surface area contributed by atoms with Crippen LogP contribution in [0.5, 0.6) is 0 Å². The first kappa shape index (κ1) is 16.4. The van der Waals surface area contributed by atoms with Gasteiger partial charge in [-0.15, -0.1) is 0 Å². The van der Waals surface area contributed by atoms with Gasteiger partial charge < -0.3 is 16.0 Å². The molecule has 3 amide bonds. The van der Waals surface area contributed by atoms with E-state index in [2.05, 4.69) is 16.0 Å². The maximum atomic E-state index is 12.0. The molecule has 126 valence electrons. The smallest absolute Gasteiger partial charge is 0.248 e. The monoisotopic (exact) mass is 335 g/mol. The van der Waals surface area contributed by atoms with Gasteiger partial charge in [0, 0.05) is 30.1 Å². The molecule has 3 N–H and O–H groups in total. The summed E-state index contributed by atoms with van der Waals surface area (Å²) in [6.45, 7) is 1.45. The first-order valence-corrected chi connectivity index (χ1v) is 7.79. The highest BCUT2D eigenvalue weighted by molar-refractivity contribution is 6.03. The Morgan fingerprint density at radius 1 is 1.04 bits per heavy atom. The minimum Gasteiger partial charge on any atom is -0.326 e. The van der Waals surface area contributed by atoms with E-state index in [-0.39, 0.29) is 17.7 Å². The van der Waals surface area contributed by atoms with Gasteiger partial charge in [-0.3, -0.25) is 14.4 Å². The van der Waals surface area contributed by atoms with Crippen LogP contribution >= 0.6 is 0 Å². The maximum absolute atomic E-state index is 12.0. The molecule has 1 aliphatic rings. The molecule has 0 unspecified atom stereocenters. The normalized spacial score (nSPS) is 12.6. The van der Waals surface area contributed by atoms with Gasteiger partial charge >= 0.3 is 0 Å². The molecule has 0 bridgehead atoms. The van der Waals surface area contributed by atoms with Crippen LogP contribution in [0, 0.1) is 0 Å². The van der Waals surface area contributed by atoms with Crippen LogP contribution in [0.3, 0.4) is 0 Å². The molecule has 25 heavy (non-hydrogen) atoms. The third kappa shape index (κ3) is 4.32. The van der Waals surface area contributed by atoms with E-state index < -0.39 is 0 Å². The van der Waals surface area contributed by atoms with Crippen molar-refractivity contribution in [1.29, 1.82) is 0 Å². The Morgan fingerprint density at radius 2 is 1.76 bits per heavy atom. The average Bonchev–Trinajstić information content (AvgIpc) is 2.93. The summed E-state index contributed by atoms with van der Waals surface area (Å²) in [7, 11) is 0. The Labute approximate surface area is 144 Å². The lowest BCUT2D eigenvalue weighted by Crippen LogP contribution is -2.07. The van der Waals surface area contributed by atoms with Gasteiger partial charge in [-0.2, -0.15) is 0 Å². The van der Waals surface area contributed by atoms with E-state index >= 15 is 0 Å². The average molecular weight is 335 g/mol. The van der Waals surface area contributed by atoms with Gasteiger partial charge in [0.05, 0.1) is 6.42 Å². The molecule has 0 radical (unpaired) electrons. The van der Waals surface area contributed by atoms with Crippen LogP contribution in [0.4, 0.5) is 17.1 Å². The standard InChI is InChI=1S/C19H17N3O3/c1-12(23)20-15-5-2-13(3-6-15)4-9-18(24)21-16-7-8-17-14(10-16)11-19(25)22-17/h2-10H,11H2,1H3,(H,20,23)(H,21,24)(H,22,25)/b9-4+. The molecule has 0 atom stereocenters. The Balaban J connectivity index is 1.61. The van der Waals surface area contributed by atoms with E-state index in [4.69, 9.17) is 0 Å². The number of fused-ring (bicyclic) bond motifs is 1. The largest absolute Gasteiger partial charge is 0.326 e. The lowest BCUT2D eigenvalue weighted by Gasteiger charge is -2.05. The summed E-state index contributed by atoms with van der Waals surface area (Å²) in [5.74, 6) is -0.432.